The van der Waals surface area contributed by atoms with Crippen molar-refractivity contribution < 1.29 is 0 Å². The first-order valence-corrected chi connectivity index (χ1v) is 5.86. The van der Waals surface area contributed by atoms with Crippen molar-refractivity contribution in [2.45, 2.75) is 39.8 Å². The quantitative estimate of drug-likeness (QED) is 0.787. The third-order valence-corrected chi connectivity index (χ3v) is 3.59. The number of nitrogens with zero attached hydrogens (tertiary/aromatic N) is 3. The molecule has 0 bridgehead atoms. The maximum absolute atomic E-state index is 8.62. The second-order valence-corrected chi connectivity index (χ2v) is 5.16. The molecule has 0 saturated carbocycles. The lowest BCUT2D eigenvalue weighted by Crippen LogP contribution is -2.28. The van der Waals surface area contributed by atoms with Crippen LogP contribution in [0, 0.1) is 25.2 Å². The molecule has 1 atom stereocenters. The minimum atomic E-state index is 0.303. The lowest BCUT2D eigenvalue weighted by Gasteiger charge is -2.21. The normalized spacial score (nSPS) is 12.8. The molecule has 0 aromatic carbocycles. The molecule has 15 heavy (non-hydrogen) atoms. The van der Waals surface area contributed by atoms with Crippen LogP contribution in [0.3, 0.4) is 0 Å². The van der Waals surface area contributed by atoms with Gasteiger partial charge in [0.05, 0.1) is 23.2 Å². The van der Waals surface area contributed by atoms with E-state index in [1.807, 2.05) is 13.8 Å². The van der Waals surface area contributed by atoms with E-state index < -0.39 is 0 Å². The Morgan fingerprint density at radius 1 is 1.53 bits per heavy atom. The highest BCUT2D eigenvalue weighted by molar-refractivity contribution is 7.11. The summed E-state index contributed by atoms with van der Waals surface area (Å²) in [6.07, 6.45) is 0.577. The smallest absolute Gasteiger partial charge is 0.0900 e. The molecule has 1 rings (SSSR count). The average molecular weight is 223 g/mol. The van der Waals surface area contributed by atoms with Crippen LogP contribution in [0.4, 0.5) is 0 Å². The van der Waals surface area contributed by atoms with Gasteiger partial charge in [0.1, 0.15) is 0 Å². The molecule has 0 saturated heterocycles. The van der Waals surface area contributed by atoms with Crippen LogP contribution in [0.25, 0.3) is 0 Å². The number of hydrogen-bond donors (Lipinski definition) is 0. The fourth-order valence-corrected chi connectivity index (χ4v) is 2.39. The van der Waals surface area contributed by atoms with Gasteiger partial charge in [-0.2, -0.15) is 5.26 Å². The molecule has 1 aromatic rings. The minimum absolute atomic E-state index is 0.303. The van der Waals surface area contributed by atoms with E-state index in [0.717, 1.165) is 17.2 Å². The Labute approximate surface area is 95.4 Å². The first-order chi connectivity index (χ1) is 7.04. The van der Waals surface area contributed by atoms with Gasteiger partial charge in [-0.05, 0) is 27.8 Å². The van der Waals surface area contributed by atoms with E-state index in [-0.39, 0.29) is 0 Å². The number of aryl methyl sites for hydroxylation is 2. The Hall–Kier alpha value is -0.920. The second-order valence-electron chi connectivity index (χ2n) is 3.87. The maximum Gasteiger partial charge on any atom is 0.0900 e. The summed E-state index contributed by atoms with van der Waals surface area (Å²) in [6.45, 7) is 7.04. The van der Waals surface area contributed by atoms with Gasteiger partial charge in [0.2, 0.25) is 0 Å². The number of hydrogen-bond acceptors (Lipinski definition) is 4. The third-order valence-electron chi connectivity index (χ3n) is 2.53. The Bertz CT molecular complexity index is 364. The summed E-state index contributed by atoms with van der Waals surface area (Å²) in [4.78, 5) is 7.90. The summed E-state index contributed by atoms with van der Waals surface area (Å²) in [5.74, 6) is 0. The molecule has 0 N–H and O–H groups in total. The number of nitriles is 1. The van der Waals surface area contributed by atoms with Gasteiger partial charge in [-0.25, -0.2) is 4.98 Å². The van der Waals surface area contributed by atoms with Crippen molar-refractivity contribution in [3.05, 3.63) is 15.6 Å². The molecule has 1 heterocycles. The Balaban J connectivity index is 2.62. The van der Waals surface area contributed by atoms with E-state index in [9.17, 15) is 0 Å². The van der Waals surface area contributed by atoms with Crippen LogP contribution < -0.4 is 0 Å². The largest absolute Gasteiger partial charge is 0.298 e. The molecular formula is C11H17N3S. The first kappa shape index (κ1) is 12.2. The lowest BCUT2D eigenvalue weighted by atomic mass is 10.2. The summed E-state index contributed by atoms with van der Waals surface area (Å²) < 4.78 is 0. The van der Waals surface area contributed by atoms with Gasteiger partial charge in [-0.1, -0.05) is 0 Å². The summed E-state index contributed by atoms with van der Waals surface area (Å²) in [7, 11) is 2.05. The zero-order valence-electron chi connectivity index (χ0n) is 9.74. The van der Waals surface area contributed by atoms with Crippen molar-refractivity contribution in [2.24, 2.45) is 0 Å². The van der Waals surface area contributed by atoms with Crippen LogP contribution in [0.2, 0.25) is 0 Å². The minimum Gasteiger partial charge on any atom is -0.298 e. The van der Waals surface area contributed by atoms with Crippen LogP contribution in [0.5, 0.6) is 0 Å². The molecule has 0 aliphatic rings. The highest BCUT2D eigenvalue weighted by Gasteiger charge is 2.12. The van der Waals surface area contributed by atoms with Crippen molar-refractivity contribution >= 4 is 11.3 Å². The molecule has 3 nitrogen and oxygen atoms in total. The Morgan fingerprint density at radius 2 is 2.20 bits per heavy atom. The molecule has 4 heteroatoms. The van der Waals surface area contributed by atoms with Gasteiger partial charge >= 0.3 is 0 Å². The molecular weight excluding hydrogens is 206 g/mol. The molecule has 0 amide bonds. The SMILES string of the molecule is Cc1nc(C)c(CN(C)[C@@H](C)CC#N)s1. The Kier molecular flexibility index (Phi) is 4.25. The number of thiazole rings is 1. The lowest BCUT2D eigenvalue weighted by molar-refractivity contribution is 0.254. The number of aromatic nitrogens is 1. The molecule has 0 spiro atoms. The summed E-state index contributed by atoms with van der Waals surface area (Å²) in [5, 5.41) is 9.74. The van der Waals surface area contributed by atoms with Crippen molar-refractivity contribution in [2.75, 3.05) is 7.05 Å². The molecule has 0 fully saturated rings. The molecule has 0 unspecified atom stereocenters. The Morgan fingerprint density at radius 3 is 2.67 bits per heavy atom. The molecule has 0 radical (unpaired) electrons. The van der Waals surface area contributed by atoms with Crippen LogP contribution in [-0.4, -0.2) is 23.0 Å². The van der Waals surface area contributed by atoms with Gasteiger partial charge in [-0.15, -0.1) is 11.3 Å². The highest BCUT2D eigenvalue weighted by Crippen LogP contribution is 2.19. The second kappa shape index (κ2) is 5.24. The molecule has 1 aromatic heterocycles. The first-order valence-electron chi connectivity index (χ1n) is 5.04. The molecule has 0 aliphatic carbocycles. The zero-order chi connectivity index (χ0) is 11.4. The topological polar surface area (TPSA) is 39.9 Å². The van der Waals surface area contributed by atoms with E-state index in [1.165, 1.54) is 4.88 Å². The summed E-state index contributed by atoms with van der Waals surface area (Å²) in [6, 6.07) is 2.50. The van der Waals surface area contributed by atoms with Crippen LogP contribution in [-0.2, 0) is 6.54 Å². The van der Waals surface area contributed by atoms with E-state index in [4.69, 9.17) is 5.26 Å². The summed E-state index contributed by atoms with van der Waals surface area (Å²) >= 11 is 1.74. The van der Waals surface area contributed by atoms with Crippen LogP contribution in [0.15, 0.2) is 0 Å². The predicted molar refractivity (Wildman–Crippen MR) is 62.7 cm³/mol. The zero-order valence-corrected chi connectivity index (χ0v) is 10.6. The molecule has 82 valence electrons. The van der Waals surface area contributed by atoms with Crippen molar-refractivity contribution in [3.8, 4) is 6.07 Å². The van der Waals surface area contributed by atoms with Crippen LogP contribution in [0.1, 0.15) is 28.9 Å². The highest BCUT2D eigenvalue weighted by atomic mass is 32.1. The van der Waals surface area contributed by atoms with Crippen molar-refractivity contribution in [3.63, 3.8) is 0 Å². The van der Waals surface area contributed by atoms with Gasteiger partial charge in [0.25, 0.3) is 0 Å². The van der Waals surface area contributed by atoms with Gasteiger partial charge < -0.3 is 0 Å². The van der Waals surface area contributed by atoms with E-state index in [0.29, 0.717) is 12.5 Å². The fraction of sp³-hybridized carbons (Fsp3) is 0.636. The molecule has 0 aliphatic heterocycles. The third kappa shape index (κ3) is 3.29. The van der Waals surface area contributed by atoms with Gasteiger partial charge in [0, 0.05) is 17.5 Å². The predicted octanol–water partition coefficient (Wildman–Crippen LogP) is 2.49. The number of rotatable bonds is 4. The van der Waals surface area contributed by atoms with E-state index in [1.54, 1.807) is 11.3 Å². The van der Waals surface area contributed by atoms with Crippen molar-refractivity contribution in [1.82, 2.24) is 9.88 Å². The van der Waals surface area contributed by atoms with Gasteiger partial charge in [0.15, 0.2) is 0 Å². The van der Waals surface area contributed by atoms with E-state index in [2.05, 4.69) is 29.9 Å². The standard InChI is InChI=1S/C11H17N3S/c1-8(5-6-12)14(4)7-11-9(2)13-10(3)15-11/h8H,5,7H2,1-4H3/t8-/m0/s1. The summed E-state index contributed by atoms with van der Waals surface area (Å²) in [5.41, 5.74) is 1.12. The average Bonchev–Trinajstić information content (AvgIpc) is 2.45. The monoisotopic (exact) mass is 223 g/mol. The maximum atomic E-state index is 8.62. The van der Waals surface area contributed by atoms with E-state index >= 15 is 0 Å². The van der Waals surface area contributed by atoms with Crippen LogP contribution >= 0.6 is 11.3 Å². The van der Waals surface area contributed by atoms with Crippen molar-refractivity contribution in [1.29, 1.82) is 5.26 Å². The fourth-order valence-electron chi connectivity index (χ4n) is 1.39. The van der Waals surface area contributed by atoms with Gasteiger partial charge in [-0.3, -0.25) is 4.90 Å².